The van der Waals surface area contributed by atoms with Gasteiger partial charge in [0, 0.05) is 17.1 Å². The number of likely N-dealkylation sites (tertiary alicyclic amines) is 1. The fourth-order valence-electron chi connectivity index (χ4n) is 2.64. The van der Waals surface area contributed by atoms with Gasteiger partial charge in [0.05, 0.1) is 0 Å². The number of hydrogen-bond acceptors (Lipinski definition) is 3. The summed E-state index contributed by atoms with van der Waals surface area (Å²) < 4.78 is 0. The highest BCUT2D eigenvalue weighted by Crippen LogP contribution is 2.17. The Morgan fingerprint density at radius 1 is 1.27 bits per heavy atom. The molecule has 0 spiro atoms. The lowest BCUT2D eigenvalue weighted by Gasteiger charge is -2.30. The van der Waals surface area contributed by atoms with Gasteiger partial charge in [-0.25, -0.2) is 4.79 Å². The van der Waals surface area contributed by atoms with Gasteiger partial charge >= 0.3 is 6.03 Å². The van der Waals surface area contributed by atoms with Crippen molar-refractivity contribution < 1.29 is 4.79 Å². The van der Waals surface area contributed by atoms with Crippen molar-refractivity contribution >= 4 is 23.5 Å². The fraction of sp³-hybridized carbons (Fsp3) is 0.588. The molecule has 1 saturated heterocycles. The second-order valence-electron chi connectivity index (χ2n) is 5.99. The van der Waals surface area contributed by atoms with Gasteiger partial charge in [0.1, 0.15) is 0 Å². The van der Waals surface area contributed by atoms with Crippen LogP contribution < -0.4 is 10.6 Å². The van der Waals surface area contributed by atoms with E-state index in [1.807, 2.05) is 30.5 Å². The van der Waals surface area contributed by atoms with Gasteiger partial charge < -0.3 is 15.5 Å². The van der Waals surface area contributed by atoms with Crippen molar-refractivity contribution in [3.8, 4) is 0 Å². The Morgan fingerprint density at radius 2 is 1.95 bits per heavy atom. The van der Waals surface area contributed by atoms with Crippen molar-refractivity contribution in [3.05, 3.63) is 24.3 Å². The molecule has 1 aliphatic heterocycles. The van der Waals surface area contributed by atoms with Crippen LogP contribution in [0.15, 0.2) is 29.2 Å². The molecule has 0 aromatic heterocycles. The minimum Gasteiger partial charge on any atom is -0.338 e. The third kappa shape index (κ3) is 5.89. The molecule has 1 aliphatic rings. The van der Waals surface area contributed by atoms with Gasteiger partial charge in [-0.1, -0.05) is 6.92 Å². The van der Waals surface area contributed by atoms with Crippen molar-refractivity contribution in [3.63, 3.8) is 0 Å². The molecule has 0 bridgehead atoms. The first-order valence-electron chi connectivity index (χ1n) is 8.08. The highest BCUT2D eigenvalue weighted by molar-refractivity contribution is 7.98. The molecule has 4 nitrogen and oxygen atoms in total. The summed E-state index contributed by atoms with van der Waals surface area (Å²) in [6.45, 7) is 6.54. The highest BCUT2D eigenvalue weighted by atomic mass is 32.2. The Bertz CT molecular complexity index is 455. The molecule has 5 heteroatoms. The Kier molecular flexibility index (Phi) is 7.06. The van der Waals surface area contributed by atoms with E-state index in [1.54, 1.807) is 11.8 Å². The van der Waals surface area contributed by atoms with E-state index < -0.39 is 0 Å². The number of hydrogen-bond donors (Lipinski definition) is 2. The molecule has 0 saturated carbocycles. The van der Waals surface area contributed by atoms with Crippen LogP contribution in [-0.4, -0.2) is 43.4 Å². The Balaban J connectivity index is 1.59. The zero-order valence-electron chi connectivity index (χ0n) is 13.6. The van der Waals surface area contributed by atoms with E-state index in [9.17, 15) is 4.79 Å². The van der Waals surface area contributed by atoms with E-state index in [4.69, 9.17) is 0 Å². The van der Waals surface area contributed by atoms with Gasteiger partial charge in [0.2, 0.25) is 0 Å². The molecule has 1 fully saturated rings. The minimum absolute atomic E-state index is 0.121. The van der Waals surface area contributed by atoms with E-state index in [1.165, 1.54) is 30.8 Å². The predicted molar refractivity (Wildman–Crippen MR) is 94.7 cm³/mol. The summed E-state index contributed by atoms with van der Waals surface area (Å²) in [4.78, 5) is 15.5. The average molecular weight is 321 g/mol. The van der Waals surface area contributed by atoms with Crippen LogP contribution in [0, 0.1) is 5.92 Å². The lowest BCUT2D eigenvalue weighted by molar-refractivity contribution is 0.190. The third-order valence-electron chi connectivity index (χ3n) is 4.16. The quantitative estimate of drug-likeness (QED) is 0.621. The van der Waals surface area contributed by atoms with Crippen molar-refractivity contribution in [1.82, 2.24) is 10.2 Å². The Hall–Kier alpha value is -1.20. The number of thioether (sulfide) groups is 1. The number of anilines is 1. The zero-order chi connectivity index (χ0) is 15.8. The predicted octanol–water partition coefficient (Wildman–Crippen LogP) is 3.65. The summed E-state index contributed by atoms with van der Waals surface area (Å²) in [5, 5.41) is 5.79. The fourth-order valence-corrected chi connectivity index (χ4v) is 3.05. The lowest BCUT2D eigenvalue weighted by atomic mass is 9.99. The SMILES string of the molecule is CSc1ccc(NC(=O)NCCCN2CCC(C)CC2)cc1. The Morgan fingerprint density at radius 3 is 2.59 bits per heavy atom. The topological polar surface area (TPSA) is 44.4 Å². The monoisotopic (exact) mass is 321 g/mol. The molecule has 1 heterocycles. The number of carbonyl (C=O) groups is 1. The van der Waals surface area contributed by atoms with Crippen LogP contribution >= 0.6 is 11.8 Å². The maximum Gasteiger partial charge on any atom is 0.319 e. The van der Waals surface area contributed by atoms with Gasteiger partial charge in [-0.2, -0.15) is 0 Å². The summed E-state index contributed by atoms with van der Waals surface area (Å²) >= 11 is 1.69. The second kappa shape index (κ2) is 9.06. The molecule has 2 amide bonds. The van der Waals surface area contributed by atoms with E-state index in [-0.39, 0.29) is 6.03 Å². The molecule has 2 rings (SSSR count). The molecular formula is C17H27N3OS. The van der Waals surface area contributed by atoms with Gasteiger partial charge in [-0.15, -0.1) is 11.8 Å². The number of piperidine rings is 1. The molecular weight excluding hydrogens is 294 g/mol. The number of nitrogens with zero attached hydrogens (tertiary/aromatic N) is 1. The number of benzene rings is 1. The number of amides is 2. The maximum atomic E-state index is 11.8. The first kappa shape index (κ1) is 17.2. The number of carbonyl (C=O) groups excluding carboxylic acids is 1. The Labute approximate surface area is 138 Å². The number of nitrogens with one attached hydrogen (secondary N) is 2. The van der Waals surface area contributed by atoms with Gasteiger partial charge in [0.15, 0.2) is 0 Å². The standard InChI is InChI=1S/C17H27N3OS/c1-14-8-12-20(13-9-14)11-3-10-18-17(21)19-15-4-6-16(22-2)7-5-15/h4-7,14H,3,8-13H2,1-2H3,(H2,18,19,21). The van der Waals surface area contributed by atoms with Gasteiger partial charge in [0.25, 0.3) is 0 Å². The molecule has 1 aromatic rings. The van der Waals surface area contributed by atoms with Gasteiger partial charge in [-0.05, 0) is 75.3 Å². The van der Waals surface area contributed by atoms with E-state index in [0.717, 1.165) is 31.1 Å². The summed E-state index contributed by atoms with van der Waals surface area (Å²) in [7, 11) is 0. The van der Waals surface area contributed by atoms with Crippen LogP contribution in [0.3, 0.4) is 0 Å². The van der Waals surface area contributed by atoms with Crippen molar-refractivity contribution in [2.45, 2.75) is 31.1 Å². The summed E-state index contributed by atoms with van der Waals surface area (Å²) in [5.41, 5.74) is 0.834. The van der Waals surface area contributed by atoms with Crippen LogP contribution in [0.4, 0.5) is 10.5 Å². The average Bonchev–Trinajstić information content (AvgIpc) is 2.54. The van der Waals surface area contributed by atoms with Crippen LogP contribution in [0.5, 0.6) is 0 Å². The molecule has 22 heavy (non-hydrogen) atoms. The highest BCUT2D eigenvalue weighted by Gasteiger charge is 2.14. The van der Waals surface area contributed by atoms with E-state index >= 15 is 0 Å². The first-order chi connectivity index (χ1) is 10.7. The van der Waals surface area contributed by atoms with Gasteiger partial charge in [-0.3, -0.25) is 0 Å². The van der Waals surface area contributed by atoms with Crippen LogP contribution in [0.1, 0.15) is 26.2 Å². The van der Waals surface area contributed by atoms with E-state index in [2.05, 4.69) is 22.5 Å². The molecule has 122 valence electrons. The maximum absolute atomic E-state index is 11.8. The molecule has 0 atom stereocenters. The first-order valence-corrected chi connectivity index (χ1v) is 9.31. The normalized spacial score (nSPS) is 16.5. The van der Waals surface area contributed by atoms with Crippen LogP contribution in [-0.2, 0) is 0 Å². The van der Waals surface area contributed by atoms with Crippen molar-refractivity contribution in [1.29, 1.82) is 0 Å². The lowest BCUT2D eigenvalue weighted by Crippen LogP contribution is -2.36. The minimum atomic E-state index is -0.121. The van der Waals surface area contributed by atoms with Crippen LogP contribution in [0.2, 0.25) is 0 Å². The zero-order valence-corrected chi connectivity index (χ0v) is 14.4. The third-order valence-corrected chi connectivity index (χ3v) is 4.90. The molecule has 0 radical (unpaired) electrons. The van der Waals surface area contributed by atoms with Crippen LogP contribution in [0.25, 0.3) is 0 Å². The smallest absolute Gasteiger partial charge is 0.319 e. The number of rotatable bonds is 6. The van der Waals surface area contributed by atoms with Crippen molar-refractivity contribution in [2.24, 2.45) is 5.92 Å². The summed E-state index contributed by atoms with van der Waals surface area (Å²) in [6, 6.07) is 7.76. The molecule has 0 unspecified atom stereocenters. The second-order valence-corrected chi connectivity index (χ2v) is 6.87. The van der Waals surface area contributed by atoms with Crippen molar-refractivity contribution in [2.75, 3.05) is 37.8 Å². The molecule has 1 aromatic carbocycles. The largest absolute Gasteiger partial charge is 0.338 e. The van der Waals surface area contributed by atoms with E-state index in [0.29, 0.717) is 0 Å². The summed E-state index contributed by atoms with van der Waals surface area (Å²) in [6.07, 6.45) is 5.66. The molecule has 2 N–H and O–H groups in total. The number of urea groups is 1. The summed E-state index contributed by atoms with van der Waals surface area (Å²) in [5.74, 6) is 0.873. The molecule has 0 aliphatic carbocycles.